The van der Waals surface area contributed by atoms with Crippen LogP contribution in [0.3, 0.4) is 0 Å². The Labute approximate surface area is 197 Å². The van der Waals surface area contributed by atoms with Crippen molar-refractivity contribution in [2.75, 3.05) is 6.61 Å². The van der Waals surface area contributed by atoms with E-state index in [1.807, 2.05) is 0 Å². The van der Waals surface area contributed by atoms with Crippen LogP contribution in [0, 0.1) is 18.6 Å². The van der Waals surface area contributed by atoms with Crippen molar-refractivity contribution in [3.05, 3.63) is 89.2 Å². The lowest BCUT2D eigenvalue weighted by atomic mass is 10.00. The zero-order chi connectivity index (χ0) is 24.4. The maximum Gasteiger partial charge on any atom is 0.325 e. The Morgan fingerprint density at radius 3 is 2.56 bits per heavy atom. The maximum absolute atomic E-state index is 14.2. The number of aliphatic hydroxyl groups excluding tert-OH is 1. The molecule has 2 atom stereocenters. The number of esters is 1. The summed E-state index contributed by atoms with van der Waals surface area (Å²) >= 11 is 0. The Hall–Kier alpha value is -3.43. The number of aromatic nitrogens is 2. The summed E-state index contributed by atoms with van der Waals surface area (Å²) in [6.07, 6.45) is 0.129. The van der Waals surface area contributed by atoms with Crippen molar-refractivity contribution in [1.29, 1.82) is 0 Å². The maximum atomic E-state index is 14.2. The number of aliphatic hydroxyl groups is 1. The summed E-state index contributed by atoms with van der Waals surface area (Å²) in [6.45, 7) is 3.52. The smallest absolute Gasteiger partial charge is 0.325 e. The number of ether oxygens (including phenoxy) is 1. The average Bonchev–Trinajstić information content (AvgIpc) is 3.09. The van der Waals surface area contributed by atoms with Gasteiger partial charge in [0.25, 0.3) is 0 Å². The summed E-state index contributed by atoms with van der Waals surface area (Å²) in [5.41, 5.74) is 1.70. The summed E-state index contributed by atoms with van der Waals surface area (Å²) in [4.78, 5) is 16.7. The number of rotatable bonds is 7. The van der Waals surface area contributed by atoms with Gasteiger partial charge in [-0.2, -0.15) is 0 Å². The first kappa shape index (κ1) is 23.7. The second kappa shape index (κ2) is 9.82. The fraction of sp³-hybridized carbons (Fsp3) is 0.200. The van der Waals surface area contributed by atoms with Crippen molar-refractivity contribution >= 4 is 27.7 Å². The van der Waals surface area contributed by atoms with Gasteiger partial charge in [-0.15, -0.1) is 0 Å². The van der Waals surface area contributed by atoms with Gasteiger partial charge in [-0.3, -0.25) is 4.79 Å². The number of carbonyl (C=O) groups excluding carboxylic acids is 1. The summed E-state index contributed by atoms with van der Waals surface area (Å²) in [6, 6.07) is 12.5. The topological polar surface area (TPSA) is 81.4 Å². The molecular formula is C25H22F2N2O4S. The molecule has 0 bridgehead atoms. The van der Waals surface area contributed by atoms with E-state index in [4.69, 9.17) is 4.74 Å². The van der Waals surface area contributed by atoms with Crippen LogP contribution < -0.4 is 0 Å². The van der Waals surface area contributed by atoms with Gasteiger partial charge in [0, 0.05) is 38.8 Å². The van der Waals surface area contributed by atoms with Gasteiger partial charge in [0.15, 0.2) is 0 Å². The van der Waals surface area contributed by atoms with Crippen molar-refractivity contribution in [3.8, 4) is 0 Å². The van der Waals surface area contributed by atoms with Crippen LogP contribution in [0.25, 0.3) is 10.9 Å². The number of benzene rings is 2. The van der Waals surface area contributed by atoms with E-state index in [1.54, 1.807) is 30.5 Å². The normalized spacial score (nSPS) is 13.1. The number of carbonyl (C=O) groups is 1. The summed E-state index contributed by atoms with van der Waals surface area (Å²) in [7, 11) is -1.80. The molecule has 4 aromatic rings. The molecule has 176 valence electrons. The Bertz CT molecular complexity index is 1390. The largest absolute Gasteiger partial charge is 0.465 e. The van der Waals surface area contributed by atoms with E-state index in [0.717, 1.165) is 0 Å². The Morgan fingerprint density at radius 2 is 1.85 bits per heavy atom. The van der Waals surface area contributed by atoms with Crippen molar-refractivity contribution in [3.63, 3.8) is 0 Å². The van der Waals surface area contributed by atoms with Crippen LogP contribution in [-0.4, -0.2) is 31.4 Å². The fourth-order valence-corrected chi connectivity index (χ4v) is 5.11. The zero-order valence-corrected chi connectivity index (χ0v) is 19.3. The molecule has 2 aromatic carbocycles. The fourth-order valence-electron chi connectivity index (χ4n) is 3.96. The van der Waals surface area contributed by atoms with Gasteiger partial charge in [0.1, 0.15) is 40.1 Å². The van der Waals surface area contributed by atoms with E-state index >= 15 is 0 Å². The number of hydrogen-bond acceptors (Lipinski definition) is 5. The van der Waals surface area contributed by atoms with E-state index in [2.05, 4.69) is 4.98 Å². The van der Waals surface area contributed by atoms with E-state index in [1.165, 1.54) is 48.7 Å². The van der Waals surface area contributed by atoms with Crippen molar-refractivity contribution in [2.24, 2.45) is 0 Å². The Kier molecular flexibility index (Phi) is 6.85. The molecule has 0 fully saturated rings. The molecule has 0 aliphatic carbocycles. The van der Waals surface area contributed by atoms with Crippen molar-refractivity contribution in [1.82, 2.24) is 9.55 Å². The number of halogens is 2. The van der Waals surface area contributed by atoms with Crippen LogP contribution in [0.4, 0.5) is 8.78 Å². The zero-order valence-electron chi connectivity index (χ0n) is 18.5. The molecule has 2 aromatic heterocycles. The molecule has 34 heavy (non-hydrogen) atoms. The molecule has 6 nitrogen and oxygen atoms in total. The van der Waals surface area contributed by atoms with Gasteiger partial charge in [-0.05, 0) is 62.4 Å². The molecule has 9 heteroatoms. The lowest BCUT2D eigenvalue weighted by Gasteiger charge is -2.16. The van der Waals surface area contributed by atoms with E-state index in [9.17, 15) is 22.9 Å². The molecule has 0 aliphatic heterocycles. The molecule has 0 spiro atoms. The van der Waals surface area contributed by atoms with Crippen LogP contribution in [0.2, 0.25) is 0 Å². The first-order valence-electron chi connectivity index (χ1n) is 10.6. The van der Waals surface area contributed by atoms with Gasteiger partial charge < -0.3 is 14.4 Å². The molecule has 0 aliphatic rings. The van der Waals surface area contributed by atoms with Gasteiger partial charge >= 0.3 is 5.97 Å². The highest BCUT2D eigenvalue weighted by molar-refractivity contribution is 7.85. The van der Waals surface area contributed by atoms with Gasteiger partial charge in [0.05, 0.1) is 6.61 Å². The Morgan fingerprint density at radius 1 is 1.15 bits per heavy atom. The minimum absolute atomic E-state index is 0.101. The standard InChI is InChI=1S/C25H22F2N2O4S/c1-3-33-22(30)14-29-15(2)23(20-13-17(27)8-11-21(20)29)24(31)19-5-4-12-28-25(19)34(32)18-9-6-16(26)7-10-18/h4-13,24,31H,3,14H2,1-2H3. The number of hydrogen-bond donors (Lipinski definition) is 1. The van der Waals surface area contributed by atoms with E-state index in [-0.39, 0.29) is 23.7 Å². The molecule has 1 N–H and O–H groups in total. The highest BCUT2D eigenvalue weighted by atomic mass is 32.2. The van der Waals surface area contributed by atoms with E-state index < -0.39 is 34.5 Å². The number of fused-ring (bicyclic) bond motifs is 1. The van der Waals surface area contributed by atoms with Crippen LogP contribution in [0.5, 0.6) is 0 Å². The summed E-state index contributed by atoms with van der Waals surface area (Å²) in [5.74, 6) is -1.43. The van der Waals surface area contributed by atoms with Crippen LogP contribution in [-0.2, 0) is 26.9 Å². The predicted molar refractivity (Wildman–Crippen MR) is 123 cm³/mol. The minimum atomic E-state index is -1.80. The first-order valence-corrected chi connectivity index (χ1v) is 11.7. The molecule has 0 saturated heterocycles. The molecule has 0 radical (unpaired) electrons. The first-order chi connectivity index (χ1) is 16.3. The highest BCUT2D eigenvalue weighted by Crippen LogP contribution is 2.36. The van der Waals surface area contributed by atoms with Gasteiger partial charge in [0.2, 0.25) is 0 Å². The third-order valence-corrected chi connectivity index (χ3v) is 6.89. The van der Waals surface area contributed by atoms with Gasteiger partial charge in [-0.25, -0.2) is 18.0 Å². The van der Waals surface area contributed by atoms with Crippen LogP contribution >= 0.6 is 0 Å². The number of nitrogens with zero attached hydrogens (tertiary/aromatic N) is 2. The quantitative estimate of drug-likeness (QED) is 0.393. The van der Waals surface area contributed by atoms with E-state index in [0.29, 0.717) is 27.1 Å². The third-order valence-electron chi connectivity index (χ3n) is 5.50. The van der Waals surface area contributed by atoms with Crippen LogP contribution in [0.1, 0.15) is 29.8 Å². The van der Waals surface area contributed by atoms with Crippen molar-refractivity contribution < 1.29 is 27.6 Å². The molecule has 0 saturated carbocycles. The van der Waals surface area contributed by atoms with Crippen molar-refractivity contribution in [2.45, 2.75) is 36.4 Å². The van der Waals surface area contributed by atoms with Gasteiger partial charge in [-0.1, -0.05) is 6.07 Å². The average molecular weight is 485 g/mol. The lowest BCUT2D eigenvalue weighted by Crippen LogP contribution is -2.15. The Balaban J connectivity index is 1.84. The summed E-state index contributed by atoms with van der Waals surface area (Å²) < 4.78 is 47.5. The molecule has 2 unspecified atom stereocenters. The van der Waals surface area contributed by atoms with Crippen LogP contribution in [0.15, 0.2) is 70.7 Å². The molecular weight excluding hydrogens is 462 g/mol. The second-order valence-electron chi connectivity index (χ2n) is 7.57. The molecule has 2 heterocycles. The SMILES string of the molecule is CCOC(=O)Cn1c(C)c(C(O)c2cccnc2S(=O)c2ccc(F)cc2)c2cc(F)ccc21. The molecule has 0 amide bonds. The number of pyridine rings is 1. The lowest BCUT2D eigenvalue weighted by molar-refractivity contribution is -0.143. The molecule has 4 rings (SSSR count). The monoisotopic (exact) mass is 484 g/mol. The second-order valence-corrected chi connectivity index (χ2v) is 8.97. The summed E-state index contributed by atoms with van der Waals surface area (Å²) in [5, 5.41) is 12.0. The third kappa shape index (κ3) is 4.49. The minimum Gasteiger partial charge on any atom is -0.465 e. The highest BCUT2D eigenvalue weighted by Gasteiger charge is 2.27. The predicted octanol–water partition coefficient (Wildman–Crippen LogP) is 4.43.